The van der Waals surface area contributed by atoms with Crippen LogP contribution < -0.4 is 16.2 Å². The maximum absolute atomic E-state index is 12.8. The highest BCUT2D eigenvalue weighted by atomic mass is 19.4. The fraction of sp³-hybridized carbons (Fsp3) is 0.462. The van der Waals surface area contributed by atoms with Gasteiger partial charge in [-0.25, -0.2) is 10.9 Å². The van der Waals surface area contributed by atoms with Crippen LogP contribution in [0.2, 0.25) is 0 Å². The fourth-order valence-electron chi connectivity index (χ4n) is 1.86. The Hall–Kier alpha value is -1.60. The van der Waals surface area contributed by atoms with Crippen LogP contribution in [0.4, 0.5) is 13.2 Å². The number of rotatable bonds is 5. The smallest absolute Gasteiger partial charge is 0.352 e. The Morgan fingerprint density at radius 2 is 1.85 bits per heavy atom. The molecule has 1 aliphatic rings. The van der Waals surface area contributed by atoms with Crippen molar-refractivity contribution in [2.45, 2.75) is 31.6 Å². The van der Waals surface area contributed by atoms with Gasteiger partial charge in [-0.2, -0.15) is 13.2 Å². The highest BCUT2D eigenvalue weighted by Crippen LogP contribution is 2.41. The third-order valence-corrected chi connectivity index (χ3v) is 3.20. The molecule has 0 aromatic heterocycles. The number of unbranched alkanes of at least 4 members (excludes halogenated alkanes) is 1. The van der Waals surface area contributed by atoms with Crippen LogP contribution in [-0.2, 0) is 5.66 Å². The number of hydrogen-bond acceptors (Lipinski definition) is 3. The number of halogens is 3. The van der Waals surface area contributed by atoms with Crippen molar-refractivity contribution in [1.29, 1.82) is 0 Å². The lowest BCUT2D eigenvalue weighted by molar-refractivity contribution is -0.165. The molecule has 1 aliphatic heterocycles. The molecule has 3 N–H and O–H groups in total. The molecule has 0 aliphatic carbocycles. The normalized spacial score (nSPS) is 16.8. The first-order chi connectivity index (χ1) is 9.40. The molecule has 7 heteroatoms. The van der Waals surface area contributed by atoms with Gasteiger partial charge in [0, 0.05) is 12.1 Å². The molecule has 20 heavy (non-hydrogen) atoms. The summed E-state index contributed by atoms with van der Waals surface area (Å²) in [5, 5.41) is 2.71. The van der Waals surface area contributed by atoms with Crippen molar-refractivity contribution in [3.63, 3.8) is 0 Å². The third-order valence-electron chi connectivity index (χ3n) is 3.20. The van der Waals surface area contributed by atoms with Crippen molar-refractivity contribution in [2.75, 3.05) is 6.54 Å². The van der Waals surface area contributed by atoms with Crippen molar-refractivity contribution in [3.05, 3.63) is 35.4 Å². The van der Waals surface area contributed by atoms with Crippen molar-refractivity contribution in [3.8, 4) is 0 Å². The minimum Gasteiger partial charge on any atom is -0.352 e. The summed E-state index contributed by atoms with van der Waals surface area (Å²) in [7, 11) is 0. The number of carbonyl (C=O) groups is 1. The van der Waals surface area contributed by atoms with Gasteiger partial charge in [0.1, 0.15) is 0 Å². The van der Waals surface area contributed by atoms with Gasteiger partial charge in [-0.1, -0.05) is 25.5 Å². The van der Waals surface area contributed by atoms with E-state index in [0.717, 1.165) is 12.8 Å². The fourth-order valence-corrected chi connectivity index (χ4v) is 1.86. The first-order valence-corrected chi connectivity index (χ1v) is 6.40. The van der Waals surface area contributed by atoms with E-state index in [2.05, 4.69) is 16.2 Å². The molecule has 1 aromatic rings. The molecule has 1 heterocycles. The molecule has 2 rings (SSSR count). The highest BCUT2D eigenvalue weighted by Gasteiger charge is 2.65. The molecule has 1 fully saturated rings. The molecule has 0 unspecified atom stereocenters. The predicted molar refractivity (Wildman–Crippen MR) is 67.7 cm³/mol. The lowest BCUT2D eigenvalue weighted by atomic mass is 10.0. The van der Waals surface area contributed by atoms with Gasteiger partial charge < -0.3 is 5.32 Å². The monoisotopic (exact) mass is 287 g/mol. The zero-order chi connectivity index (χ0) is 14.8. The van der Waals surface area contributed by atoms with Crippen LogP contribution in [0.5, 0.6) is 0 Å². The Morgan fingerprint density at radius 3 is 2.30 bits per heavy atom. The Bertz CT molecular complexity index is 481. The van der Waals surface area contributed by atoms with Gasteiger partial charge in [0.15, 0.2) is 0 Å². The predicted octanol–water partition coefficient (Wildman–Crippen LogP) is 2.04. The van der Waals surface area contributed by atoms with Crippen molar-refractivity contribution in [1.82, 2.24) is 16.2 Å². The molecule has 0 radical (unpaired) electrons. The van der Waals surface area contributed by atoms with E-state index in [1.54, 1.807) is 0 Å². The Labute approximate surface area is 114 Å². The lowest BCUT2D eigenvalue weighted by Crippen LogP contribution is -2.34. The average molecular weight is 287 g/mol. The summed E-state index contributed by atoms with van der Waals surface area (Å²) < 4.78 is 38.5. The SMILES string of the molecule is CCCCNC(=O)c1ccc(C2(C(F)(F)F)NN2)cc1. The van der Waals surface area contributed by atoms with Gasteiger partial charge in [-0.05, 0) is 24.1 Å². The highest BCUT2D eigenvalue weighted by molar-refractivity contribution is 5.94. The number of benzene rings is 1. The molecular formula is C13H16F3N3O. The summed E-state index contributed by atoms with van der Waals surface area (Å²) in [5.74, 6) is -0.275. The van der Waals surface area contributed by atoms with Gasteiger partial charge in [0.05, 0.1) is 0 Å². The summed E-state index contributed by atoms with van der Waals surface area (Å²) in [5.41, 5.74) is 2.45. The quantitative estimate of drug-likeness (QED) is 0.573. The van der Waals surface area contributed by atoms with E-state index >= 15 is 0 Å². The first-order valence-electron chi connectivity index (χ1n) is 6.40. The minimum atomic E-state index is -4.43. The standard InChI is InChI=1S/C13H16F3N3O/c1-2-3-8-17-11(20)9-4-6-10(7-5-9)12(18-19-12)13(14,15)16/h4-7,18-19H,2-3,8H2,1H3,(H,17,20). The maximum Gasteiger partial charge on any atom is 0.426 e. The maximum atomic E-state index is 12.8. The summed E-state index contributed by atoms with van der Waals surface area (Å²) in [6.45, 7) is 2.57. The van der Waals surface area contributed by atoms with E-state index in [0.29, 0.717) is 12.1 Å². The van der Waals surface area contributed by atoms with Crippen LogP contribution in [0.25, 0.3) is 0 Å². The van der Waals surface area contributed by atoms with Gasteiger partial charge in [-0.3, -0.25) is 4.79 Å². The average Bonchev–Trinajstić information content (AvgIpc) is 3.20. The number of carbonyl (C=O) groups excluding carboxylic acids is 1. The van der Waals surface area contributed by atoms with E-state index < -0.39 is 11.8 Å². The molecule has 1 amide bonds. The third kappa shape index (κ3) is 2.78. The number of hydrazine groups is 1. The number of amides is 1. The van der Waals surface area contributed by atoms with Gasteiger partial charge >= 0.3 is 6.18 Å². The zero-order valence-electron chi connectivity index (χ0n) is 11.0. The van der Waals surface area contributed by atoms with Crippen molar-refractivity contribution >= 4 is 5.91 Å². The Morgan fingerprint density at radius 1 is 1.25 bits per heavy atom. The summed E-state index contributed by atoms with van der Waals surface area (Å²) in [6, 6.07) is 5.39. The minimum absolute atomic E-state index is 0.0371. The van der Waals surface area contributed by atoms with Gasteiger partial charge in [0.25, 0.3) is 5.91 Å². The van der Waals surface area contributed by atoms with Gasteiger partial charge in [0.2, 0.25) is 5.66 Å². The number of alkyl halides is 3. The van der Waals surface area contributed by atoms with Crippen LogP contribution in [-0.4, -0.2) is 18.6 Å². The molecule has 0 spiro atoms. The molecule has 110 valence electrons. The number of hydrogen-bond donors (Lipinski definition) is 3. The second-order valence-corrected chi connectivity index (χ2v) is 4.68. The number of nitrogens with one attached hydrogen (secondary N) is 3. The van der Waals surface area contributed by atoms with Gasteiger partial charge in [-0.15, -0.1) is 0 Å². The van der Waals surface area contributed by atoms with Crippen molar-refractivity contribution < 1.29 is 18.0 Å². The van der Waals surface area contributed by atoms with Crippen LogP contribution in [0.15, 0.2) is 24.3 Å². The van der Waals surface area contributed by atoms with Crippen molar-refractivity contribution in [2.24, 2.45) is 0 Å². The largest absolute Gasteiger partial charge is 0.426 e. The molecular weight excluding hydrogens is 271 g/mol. The molecule has 0 saturated carbocycles. The second-order valence-electron chi connectivity index (χ2n) is 4.68. The molecule has 0 bridgehead atoms. The zero-order valence-corrected chi connectivity index (χ0v) is 11.0. The van der Waals surface area contributed by atoms with E-state index in [1.807, 2.05) is 6.92 Å². The van der Waals surface area contributed by atoms with E-state index in [4.69, 9.17) is 0 Å². The molecule has 1 aromatic carbocycles. The van der Waals surface area contributed by atoms with E-state index in [9.17, 15) is 18.0 Å². The Balaban J connectivity index is 2.06. The first kappa shape index (κ1) is 14.8. The van der Waals surface area contributed by atoms with Crippen LogP contribution in [0, 0.1) is 0 Å². The van der Waals surface area contributed by atoms with Crippen LogP contribution in [0.1, 0.15) is 35.7 Å². The summed E-state index contributed by atoms with van der Waals surface area (Å²) in [4.78, 5) is 11.7. The van der Waals surface area contributed by atoms with E-state index in [-0.39, 0.29) is 11.5 Å². The Kier molecular flexibility index (Phi) is 4.01. The molecule has 4 nitrogen and oxygen atoms in total. The summed E-state index contributed by atoms with van der Waals surface area (Å²) >= 11 is 0. The summed E-state index contributed by atoms with van der Waals surface area (Å²) in [6.07, 6.45) is -2.60. The second kappa shape index (κ2) is 5.41. The van der Waals surface area contributed by atoms with Crippen LogP contribution in [0.3, 0.4) is 0 Å². The topological polar surface area (TPSA) is 73.0 Å². The lowest BCUT2D eigenvalue weighted by Gasteiger charge is -2.16. The molecule has 0 atom stereocenters. The molecule has 1 saturated heterocycles. The van der Waals surface area contributed by atoms with E-state index in [1.165, 1.54) is 24.3 Å². The van der Waals surface area contributed by atoms with Crippen LogP contribution >= 0.6 is 0 Å².